The zero-order valence-corrected chi connectivity index (χ0v) is 10.4. The second-order valence-corrected chi connectivity index (χ2v) is 4.09. The number of carbonyl (C=O) groups is 1. The summed E-state index contributed by atoms with van der Waals surface area (Å²) < 4.78 is 44.9. The maximum atomic E-state index is 11.8. The van der Waals surface area contributed by atoms with Crippen molar-refractivity contribution in [2.75, 3.05) is 13.4 Å². The van der Waals surface area contributed by atoms with Gasteiger partial charge >= 0.3 is 12.1 Å². The number of halogens is 4. The standard InChI is InChI=1S/C10H8BrF3O4/c11-6-1-2-7(9(15)16)8(3-6)18-5-17-4-10(12,13)14/h1-3H,4-5H2,(H,15,16). The lowest BCUT2D eigenvalue weighted by atomic mass is 10.2. The first-order chi connectivity index (χ1) is 8.29. The van der Waals surface area contributed by atoms with Crippen molar-refractivity contribution in [3.63, 3.8) is 0 Å². The van der Waals surface area contributed by atoms with E-state index in [0.717, 1.165) is 0 Å². The molecule has 0 saturated heterocycles. The van der Waals surface area contributed by atoms with Crippen molar-refractivity contribution in [1.82, 2.24) is 0 Å². The van der Waals surface area contributed by atoms with E-state index in [2.05, 4.69) is 20.7 Å². The van der Waals surface area contributed by atoms with Crippen molar-refractivity contribution in [3.05, 3.63) is 28.2 Å². The second-order valence-electron chi connectivity index (χ2n) is 3.17. The largest absolute Gasteiger partial charge is 0.478 e. The molecule has 0 aliphatic heterocycles. The molecule has 0 fully saturated rings. The summed E-state index contributed by atoms with van der Waals surface area (Å²) in [6.07, 6.45) is -4.45. The van der Waals surface area contributed by atoms with Crippen molar-refractivity contribution >= 4 is 21.9 Å². The highest BCUT2D eigenvalue weighted by Gasteiger charge is 2.27. The van der Waals surface area contributed by atoms with Crippen LogP contribution in [0.1, 0.15) is 10.4 Å². The van der Waals surface area contributed by atoms with Crippen molar-refractivity contribution in [1.29, 1.82) is 0 Å². The van der Waals surface area contributed by atoms with Crippen molar-refractivity contribution < 1.29 is 32.5 Å². The molecule has 0 bridgehead atoms. The number of hydrogen-bond acceptors (Lipinski definition) is 3. The van der Waals surface area contributed by atoms with Crippen LogP contribution in [0.15, 0.2) is 22.7 Å². The number of carboxylic acids is 1. The van der Waals surface area contributed by atoms with Gasteiger partial charge in [-0.1, -0.05) is 15.9 Å². The highest BCUT2D eigenvalue weighted by atomic mass is 79.9. The van der Waals surface area contributed by atoms with Crippen LogP contribution in [0.25, 0.3) is 0 Å². The summed E-state index contributed by atoms with van der Waals surface area (Å²) in [5.74, 6) is -1.31. The normalized spacial score (nSPS) is 11.3. The van der Waals surface area contributed by atoms with Gasteiger partial charge in [0.1, 0.15) is 17.9 Å². The van der Waals surface area contributed by atoms with Gasteiger partial charge in [-0.15, -0.1) is 0 Å². The van der Waals surface area contributed by atoms with Gasteiger partial charge in [-0.3, -0.25) is 0 Å². The van der Waals surface area contributed by atoms with Gasteiger partial charge < -0.3 is 14.6 Å². The number of alkyl halides is 3. The Bertz CT molecular complexity index is 434. The van der Waals surface area contributed by atoms with Crippen molar-refractivity contribution in [3.8, 4) is 5.75 Å². The predicted molar refractivity (Wildman–Crippen MR) is 58.6 cm³/mol. The Balaban J connectivity index is 2.61. The maximum absolute atomic E-state index is 11.8. The highest BCUT2D eigenvalue weighted by Crippen LogP contribution is 2.24. The molecule has 18 heavy (non-hydrogen) atoms. The van der Waals surface area contributed by atoms with Gasteiger partial charge in [-0.05, 0) is 18.2 Å². The third-order valence-electron chi connectivity index (χ3n) is 1.74. The maximum Gasteiger partial charge on any atom is 0.411 e. The molecule has 0 spiro atoms. The van der Waals surface area contributed by atoms with Crippen LogP contribution < -0.4 is 4.74 Å². The smallest absolute Gasteiger partial charge is 0.411 e. The molecule has 0 radical (unpaired) electrons. The monoisotopic (exact) mass is 328 g/mol. The molecule has 0 unspecified atom stereocenters. The first kappa shape index (κ1) is 14.8. The van der Waals surface area contributed by atoms with E-state index in [0.29, 0.717) is 4.47 Å². The summed E-state index contributed by atoms with van der Waals surface area (Å²) in [6, 6.07) is 4.08. The van der Waals surface area contributed by atoms with Crippen LogP contribution in [0.3, 0.4) is 0 Å². The van der Waals surface area contributed by atoms with Gasteiger partial charge in [0.15, 0.2) is 6.79 Å². The molecule has 0 aromatic heterocycles. The van der Waals surface area contributed by atoms with Gasteiger partial charge in [-0.2, -0.15) is 13.2 Å². The van der Waals surface area contributed by atoms with E-state index in [4.69, 9.17) is 9.84 Å². The summed E-state index contributed by atoms with van der Waals surface area (Å²) in [7, 11) is 0. The lowest BCUT2D eigenvalue weighted by Crippen LogP contribution is -2.19. The lowest BCUT2D eigenvalue weighted by molar-refractivity contribution is -0.186. The topological polar surface area (TPSA) is 55.8 Å². The Morgan fingerprint density at radius 3 is 2.61 bits per heavy atom. The Kier molecular flexibility index (Phi) is 4.97. The molecule has 1 aromatic carbocycles. The number of aromatic carboxylic acids is 1. The van der Waals surface area contributed by atoms with Crippen LogP contribution in [0.5, 0.6) is 5.75 Å². The molecule has 0 aliphatic carbocycles. The molecule has 4 nitrogen and oxygen atoms in total. The van der Waals surface area contributed by atoms with E-state index in [9.17, 15) is 18.0 Å². The molecule has 8 heteroatoms. The molecule has 100 valence electrons. The number of benzene rings is 1. The molecule has 1 N–H and O–H groups in total. The van der Waals surface area contributed by atoms with Crippen LogP contribution in [-0.2, 0) is 4.74 Å². The minimum absolute atomic E-state index is 0.0703. The summed E-state index contributed by atoms with van der Waals surface area (Å²) in [5.41, 5.74) is -0.159. The fourth-order valence-electron chi connectivity index (χ4n) is 1.05. The minimum atomic E-state index is -4.45. The Morgan fingerprint density at radius 1 is 1.39 bits per heavy atom. The third-order valence-corrected chi connectivity index (χ3v) is 2.23. The minimum Gasteiger partial charge on any atom is -0.478 e. The zero-order chi connectivity index (χ0) is 13.8. The lowest BCUT2D eigenvalue weighted by Gasteiger charge is -2.11. The highest BCUT2D eigenvalue weighted by molar-refractivity contribution is 9.10. The summed E-state index contributed by atoms with van der Waals surface area (Å²) in [4.78, 5) is 10.8. The first-order valence-electron chi connectivity index (χ1n) is 4.60. The van der Waals surface area contributed by atoms with Crippen LogP contribution in [0.4, 0.5) is 13.2 Å². The predicted octanol–water partition coefficient (Wildman–Crippen LogP) is 3.06. The van der Waals surface area contributed by atoms with E-state index < -0.39 is 25.5 Å². The van der Waals surface area contributed by atoms with E-state index in [1.54, 1.807) is 0 Å². The van der Waals surface area contributed by atoms with Gasteiger partial charge in [0.25, 0.3) is 0 Å². The van der Waals surface area contributed by atoms with Crippen LogP contribution in [-0.4, -0.2) is 30.7 Å². The molecule has 0 aliphatic rings. The molecule has 1 aromatic rings. The SMILES string of the molecule is O=C(O)c1ccc(Br)cc1OCOCC(F)(F)F. The quantitative estimate of drug-likeness (QED) is 0.666. The first-order valence-corrected chi connectivity index (χ1v) is 5.39. The molecular weight excluding hydrogens is 321 g/mol. The van der Waals surface area contributed by atoms with Gasteiger partial charge in [-0.25, -0.2) is 4.79 Å². The average molecular weight is 329 g/mol. The van der Waals surface area contributed by atoms with E-state index in [-0.39, 0.29) is 11.3 Å². The van der Waals surface area contributed by atoms with Crippen LogP contribution in [0, 0.1) is 0 Å². The second kappa shape index (κ2) is 6.05. The number of ether oxygens (including phenoxy) is 2. The van der Waals surface area contributed by atoms with Crippen molar-refractivity contribution in [2.24, 2.45) is 0 Å². The van der Waals surface area contributed by atoms with Crippen molar-refractivity contribution in [2.45, 2.75) is 6.18 Å². The summed E-state index contributed by atoms with van der Waals surface area (Å²) in [5, 5.41) is 8.83. The Morgan fingerprint density at radius 2 is 2.06 bits per heavy atom. The number of rotatable bonds is 5. The van der Waals surface area contributed by atoms with Crippen LogP contribution in [0.2, 0.25) is 0 Å². The Hall–Kier alpha value is -1.28. The fraction of sp³-hybridized carbons (Fsp3) is 0.300. The van der Waals surface area contributed by atoms with Gasteiger partial charge in [0.2, 0.25) is 0 Å². The number of hydrogen-bond donors (Lipinski definition) is 1. The molecule has 1 rings (SSSR count). The van der Waals surface area contributed by atoms with Crippen LogP contribution >= 0.6 is 15.9 Å². The van der Waals surface area contributed by atoms with E-state index >= 15 is 0 Å². The molecule has 0 atom stereocenters. The average Bonchev–Trinajstić information content (AvgIpc) is 2.22. The fourth-order valence-corrected chi connectivity index (χ4v) is 1.39. The number of carboxylic acid groups (broad SMARTS) is 1. The van der Waals surface area contributed by atoms with E-state index in [1.165, 1.54) is 18.2 Å². The van der Waals surface area contributed by atoms with E-state index in [1.807, 2.05) is 0 Å². The third kappa shape index (κ3) is 4.92. The molecule has 0 amide bonds. The zero-order valence-electron chi connectivity index (χ0n) is 8.83. The van der Waals surface area contributed by atoms with Gasteiger partial charge in [0.05, 0.1) is 0 Å². The Labute approximate surface area is 108 Å². The molecule has 0 heterocycles. The summed E-state index contributed by atoms with van der Waals surface area (Å²) >= 11 is 3.09. The molecule has 0 saturated carbocycles. The summed E-state index contributed by atoms with van der Waals surface area (Å²) in [6.45, 7) is -2.14. The van der Waals surface area contributed by atoms with Gasteiger partial charge in [0, 0.05) is 4.47 Å². The molecular formula is C10H8BrF3O4.